The molecule has 3 aromatic rings. The molecule has 0 bridgehead atoms. The molecule has 0 aliphatic carbocycles. The molecule has 0 radical (unpaired) electrons. The number of urea groups is 1. The first-order valence-electron chi connectivity index (χ1n) is 9.28. The van der Waals surface area contributed by atoms with E-state index in [0.29, 0.717) is 11.7 Å². The molecule has 1 aromatic heterocycles. The van der Waals surface area contributed by atoms with Gasteiger partial charge < -0.3 is 9.88 Å². The van der Waals surface area contributed by atoms with Crippen LogP contribution < -0.4 is 10.6 Å². The lowest BCUT2D eigenvalue weighted by Gasteiger charge is -2.16. The van der Waals surface area contributed by atoms with Crippen molar-refractivity contribution >= 4 is 23.7 Å². The van der Waals surface area contributed by atoms with Gasteiger partial charge in [0.15, 0.2) is 11.0 Å². The molecule has 2 aromatic carbocycles. The van der Waals surface area contributed by atoms with E-state index >= 15 is 0 Å². The van der Waals surface area contributed by atoms with Gasteiger partial charge in [0.05, 0.1) is 0 Å². The van der Waals surface area contributed by atoms with Crippen LogP contribution in [0.3, 0.4) is 0 Å². The molecule has 0 spiro atoms. The van der Waals surface area contributed by atoms with Crippen molar-refractivity contribution in [3.05, 3.63) is 65.7 Å². The predicted octanol–water partition coefficient (Wildman–Crippen LogP) is 3.56. The van der Waals surface area contributed by atoms with Crippen molar-refractivity contribution in [3.8, 4) is 11.4 Å². The average Bonchev–Trinajstić information content (AvgIpc) is 3.15. The second-order valence-corrected chi connectivity index (χ2v) is 7.41. The topological polar surface area (TPSA) is 88.9 Å². The maximum Gasteiger partial charge on any atom is 0.321 e. The van der Waals surface area contributed by atoms with Gasteiger partial charge in [0.2, 0.25) is 5.91 Å². The highest BCUT2D eigenvalue weighted by Gasteiger charge is 2.27. The number of hydrogen-bond acceptors (Lipinski definition) is 5. The van der Waals surface area contributed by atoms with Gasteiger partial charge in [-0.15, -0.1) is 10.2 Å². The standard InChI is InChI=1S/C21H23N5O2S/c1-4-26-18(16-13-9-8-10-14(16)2)24-25-21(26)29-17(15-11-6-5-7-12-15)19(27)23-20(28)22-3/h5-13,17H,4H2,1-3H3,(H2,22,23,27,28)/t17-/m0/s1. The van der Waals surface area contributed by atoms with E-state index in [1.54, 1.807) is 0 Å². The molecule has 7 nitrogen and oxygen atoms in total. The van der Waals surface area contributed by atoms with Crippen LogP contribution in [0.5, 0.6) is 0 Å². The Bertz CT molecular complexity index is 1000. The fourth-order valence-electron chi connectivity index (χ4n) is 2.93. The van der Waals surface area contributed by atoms with Crippen LogP contribution in [-0.2, 0) is 11.3 Å². The van der Waals surface area contributed by atoms with Crippen LogP contribution in [0.4, 0.5) is 4.79 Å². The van der Waals surface area contributed by atoms with E-state index in [-0.39, 0.29) is 0 Å². The van der Waals surface area contributed by atoms with Gasteiger partial charge in [-0.25, -0.2) is 4.79 Å². The number of benzene rings is 2. The zero-order chi connectivity index (χ0) is 20.8. The number of carbonyl (C=O) groups is 2. The first-order valence-corrected chi connectivity index (χ1v) is 10.2. The van der Waals surface area contributed by atoms with E-state index in [2.05, 4.69) is 20.8 Å². The van der Waals surface area contributed by atoms with Gasteiger partial charge in [-0.2, -0.15) is 0 Å². The SMILES string of the molecule is CCn1c(S[C@H](C(=O)NC(=O)NC)c2ccccc2)nnc1-c1ccccc1C. The third-order valence-electron chi connectivity index (χ3n) is 4.45. The first-order chi connectivity index (χ1) is 14.0. The molecular weight excluding hydrogens is 386 g/mol. The molecule has 1 atom stereocenters. The zero-order valence-corrected chi connectivity index (χ0v) is 17.4. The normalized spacial score (nSPS) is 11.7. The first kappa shape index (κ1) is 20.6. The number of hydrogen-bond donors (Lipinski definition) is 2. The molecule has 0 aliphatic heterocycles. The molecule has 0 fully saturated rings. The van der Waals surface area contributed by atoms with Gasteiger partial charge >= 0.3 is 6.03 Å². The summed E-state index contributed by atoms with van der Waals surface area (Å²) in [6.45, 7) is 4.69. The Labute approximate surface area is 173 Å². The Morgan fingerprint density at radius 3 is 2.41 bits per heavy atom. The summed E-state index contributed by atoms with van der Waals surface area (Å²) in [4.78, 5) is 24.5. The van der Waals surface area contributed by atoms with E-state index in [9.17, 15) is 9.59 Å². The number of amides is 3. The molecule has 29 heavy (non-hydrogen) atoms. The maximum absolute atomic E-state index is 12.8. The third-order valence-corrected chi connectivity index (χ3v) is 5.68. The summed E-state index contributed by atoms with van der Waals surface area (Å²) in [6.07, 6.45) is 0. The molecule has 0 unspecified atom stereocenters. The smallest absolute Gasteiger partial charge is 0.321 e. The number of rotatable bonds is 6. The fraction of sp³-hybridized carbons (Fsp3) is 0.238. The van der Waals surface area contributed by atoms with E-state index in [4.69, 9.17) is 0 Å². The maximum atomic E-state index is 12.8. The summed E-state index contributed by atoms with van der Waals surface area (Å²) >= 11 is 1.27. The van der Waals surface area contributed by atoms with Crippen LogP contribution >= 0.6 is 11.8 Å². The van der Waals surface area contributed by atoms with Crippen molar-refractivity contribution in [1.29, 1.82) is 0 Å². The molecule has 0 saturated carbocycles. The van der Waals surface area contributed by atoms with Gasteiger partial charge in [0.25, 0.3) is 0 Å². The van der Waals surface area contributed by atoms with Crippen LogP contribution in [0.2, 0.25) is 0 Å². The van der Waals surface area contributed by atoms with Crippen LogP contribution in [0.15, 0.2) is 59.8 Å². The Morgan fingerprint density at radius 2 is 1.76 bits per heavy atom. The molecule has 2 N–H and O–H groups in total. The minimum absolute atomic E-state index is 0.413. The van der Waals surface area contributed by atoms with E-state index < -0.39 is 17.2 Å². The Hall–Kier alpha value is -3.13. The van der Waals surface area contributed by atoms with Gasteiger partial charge in [-0.1, -0.05) is 66.4 Å². The van der Waals surface area contributed by atoms with Crippen molar-refractivity contribution in [2.45, 2.75) is 30.8 Å². The molecule has 8 heteroatoms. The van der Waals surface area contributed by atoms with Crippen molar-refractivity contribution < 1.29 is 9.59 Å². The number of carbonyl (C=O) groups excluding carboxylic acids is 2. The quantitative estimate of drug-likeness (QED) is 0.608. The molecule has 150 valence electrons. The average molecular weight is 410 g/mol. The van der Waals surface area contributed by atoms with E-state index in [1.165, 1.54) is 18.8 Å². The van der Waals surface area contributed by atoms with Gasteiger partial charge in [-0.3, -0.25) is 10.1 Å². The van der Waals surface area contributed by atoms with Crippen LogP contribution in [0, 0.1) is 6.92 Å². The van der Waals surface area contributed by atoms with Crippen molar-refractivity contribution in [2.75, 3.05) is 7.05 Å². The molecule has 1 heterocycles. The fourth-order valence-corrected chi connectivity index (χ4v) is 4.03. The summed E-state index contributed by atoms with van der Waals surface area (Å²) in [5.74, 6) is 0.343. The van der Waals surface area contributed by atoms with Crippen LogP contribution in [0.1, 0.15) is 23.3 Å². The lowest BCUT2D eigenvalue weighted by atomic mass is 10.1. The van der Waals surface area contributed by atoms with Crippen LogP contribution in [-0.4, -0.2) is 33.8 Å². The van der Waals surface area contributed by atoms with Gasteiger partial charge in [0, 0.05) is 19.2 Å². The molecular formula is C21H23N5O2S. The molecule has 3 rings (SSSR count). The highest BCUT2D eigenvalue weighted by atomic mass is 32.2. The summed E-state index contributed by atoms with van der Waals surface area (Å²) in [6, 6.07) is 16.8. The van der Waals surface area contributed by atoms with Gasteiger partial charge in [0.1, 0.15) is 5.25 Å². The highest BCUT2D eigenvalue weighted by Crippen LogP contribution is 2.36. The summed E-state index contributed by atoms with van der Waals surface area (Å²) in [5, 5.41) is 13.5. The molecule has 3 amide bonds. The molecule has 0 aliphatic rings. The number of imide groups is 1. The second-order valence-electron chi connectivity index (χ2n) is 6.34. The highest BCUT2D eigenvalue weighted by molar-refractivity contribution is 8.00. The Balaban J connectivity index is 1.97. The number of aromatic nitrogens is 3. The largest absolute Gasteiger partial charge is 0.341 e. The third kappa shape index (κ3) is 4.65. The second kappa shape index (κ2) is 9.38. The minimum Gasteiger partial charge on any atom is -0.341 e. The van der Waals surface area contributed by atoms with Crippen LogP contribution in [0.25, 0.3) is 11.4 Å². The lowest BCUT2D eigenvalue weighted by Crippen LogP contribution is -2.39. The minimum atomic E-state index is -0.646. The lowest BCUT2D eigenvalue weighted by molar-refractivity contribution is -0.119. The molecule has 0 saturated heterocycles. The number of nitrogens with zero attached hydrogens (tertiary/aromatic N) is 3. The Kier molecular flexibility index (Phi) is 6.66. The van der Waals surface area contributed by atoms with Crippen molar-refractivity contribution in [1.82, 2.24) is 25.4 Å². The zero-order valence-electron chi connectivity index (χ0n) is 16.5. The summed E-state index contributed by atoms with van der Waals surface area (Å²) < 4.78 is 1.98. The van der Waals surface area contributed by atoms with E-state index in [1.807, 2.05) is 73.0 Å². The number of thioether (sulfide) groups is 1. The summed E-state index contributed by atoms with van der Waals surface area (Å²) in [7, 11) is 1.47. The monoisotopic (exact) mass is 409 g/mol. The predicted molar refractivity (Wildman–Crippen MR) is 114 cm³/mol. The number of nitrogens with one attached hydrogen (secondary N) is 2. The number of aryl methyl sites for hydroxylation is 1. The van der Waals surface area contributed by atoms with Gasteiger partial charge in [-0.05, 0) is 25.0 Å². The Morgan fingerprint density at radius 1 is 1.07 bits per heavy atom. The van der Waals surface area contributed by atoms with Crippen molar-refractivity contribution in [3.63, 3.8) is 0 Å². The van der Waals surface area contributed by atoms with Crippen molar-refractivity contribution in [2.24, 2.45) is 0 Å². The van der Waals surface area contributed by atoms with E-state index in [0.717, 1.165) is 22.5 Å². The summed E-state index contributed by atoms with van der Waals surface area (Å²) in [5.41, 5.74) is 2.88.